The molecule has 2 rings (SSSR count). The predicted molar refractivity (Wildman–Crippen MR) is 70.4 cm³/mol. The van der Waals surface area contributed by atoms with Crippen molar-refractivity contribution < 1.29 is 4.79 Å². The van der Waals surface area contributed by atoms with Crippen molar-refractivity contribution in [1.29, 1.82) is 0 Å². The fourth-order valence-electron chi connectivity index (χ4n) is 2.17. The Morgan fingerprint density at radius 3 is 2.82 bits per heavy atom. The lowest BCUT2D eigenvalue weighted by atomic mass is 10.1. The highest BCUT2D eigenvalue weighted by molar-refractivity contribution is 5.87. The van der Waals surface area contributed by atoms with Gasteiger partial charge in [-0.15, -0.1) is 0 Å². The monoisotopic (exact) mass is 227 g/mol. The van der Waals surface area contributed by atoms with Crippen molar-refractivity contribution in [2.45, 2.75) is 18.9 Å². The van der Waals surface area contributed by atoms with Gasteiger partial charge in [0.25, 0.3) is 0 Å². The molecule has 1 amide bonds. The van der Waals surface area contributed by atoms with Gasteiger partial charge in [-0.2, -0.15) is 0 Å². The van der Waals surface area contributed by atoms with E-state index in [9.17, 15) is 4.79 Å². The van der Waals surface area contributed by atoms with Crippen LogP contribution in [0, 0.1) is 0 Å². The minimum atomic E-state index is 0.0326. The molecule has 0 unspecified atom stereocenters. The molecule has 1 saturated heterocycles. The molecule has 1 aromatic carbocycles. The molecule has 2 nitrogen and oxygen atoms in total. The first-order valence-corrected chi connectivity index (χ1v) is 5.97. The maximum atomic E-state index is 11.6. The molecule has 88 valence electrons. The van der Waals surface area contributed by atoms with Crippen molar-refractivity contribution in [1.82, 2.24) is 4.90 Å². The molecule has 0 aliphatic carbocycles. The Morgan fingerprint density at radius 1 is 1.35 bits per heavy atom. The van der Waals surface area contributed by atoms with Gasteiger partial charge < -0.3 is 4.90 Å². The molecular formula is C15H17NO. The smallest absolute Gasteiger partial charge is 0.246 e. The van der Waals surface area contributed by atoms with Crippen LogP contribution in [0.4, 0.5) is 0 Å². The van der Waals surface area contributed by atoms with E-state index in [1.807, 2.05) is 23.1 Å². The summed E-state index contributed by atoms with van der Waals surface area (Å²) in [6.45, 7) is 4.38. The predicted octanol–water partition coefficient (Wildman–Crippen LogP) is 2.88. The van der Waals surface area contributed by atoms with Gasteiger partial charge in [0.15, 0.2) is 0 Å². The van der Waals surface area contributed by atoms with Gasteiger partial charge in [0.1, 0.15) is 0 Å². The van der Waals surface area contributed by atoms with E-state index in [-0.39, 0.29) is 11.9 Å². The van der Waals surface area contributed by atoms with Gasteiger partial charge in [0, 0.05) is 6.54 Å². The van der Waals surface area contributed by atoms with Crippen molar-refractivity contribution >= 4 is 12.0 Å². The summed E-state index contributed by atoms with van der Waals surface area (Å²) >= 11 is 0. The average Bonchev–Trinajstić information content (AvgIpc) is 2.85. The molecule has 1 fully saturated rings. The van der Waals surface area contributed by atoms with Crippen LogP contribution in [0.5, 0.6) is 0 Å². The minimum absolute atomic E-state index is 0.0326. The van der Waals surface area contributed by atoms with Crippen LogP contribution in [0.1, 0.15) is 18.4 Å². The fraction of sp³-hybridized carbons (Fsp3) is 0.267. The summed E-state index contributed by atoms with van der Waals surface area (Å²) in [4.78, 5) is 13.5. The van der Waals surface area contributed by atoms with E-state index in [1.54, 1.807) is 0 Å². The number of likely N-dealkylation sites (tertiary alicyclic amines) is 1. The summed E-state index contributed by atoms with van der Waals surface area (Å²) in [6, 6.07) is 10.4. The zero-order chi connectivity index (χ0) is 12.1. The third kappa shape index (κ3) is 2.84. The Bertz CT molecular complexity index is 422. The molecule has 1 aliphatic rings. The largest absolute Gasteiger partial charge is 0.333 e. The van der Waals surface area contributed by atoms with E-state index in [0.717, 1.165) is 19.4 Å². The Labute approximate surface area is 102 Å². The highest BCUT2D eigenvalue weighted by Crippen LogP contribution is 2.19. The second kappa shape index (κ2) is 5.48. The molecule has 1 aliphatic heterocycles. The second-order valence-electron chi connectivity index (χ2n) is 4.22. The highest BCUT2D eigenvalue weighted by Gasteiger charge is 2.24. The van der Waals surface area contributed by atoms with Crippen LogP contribution < -0.4 is 0 Å². The van der Waals surface area contributed by atoms with E-state index in [4.69, 9.17) is 0 Å². The lowest BCUT2D eigenvalue weighted by Crippen LogP contribution is -2.32. The molecule has 0 radical (unpaired) electrons. The molecule has 0 bridgehead atoms. The van der Waals surface area contributed by atoms with Gasteiger partial charge in [-0.05, 0) is 24.5 Å². The molecule has 0 saturated carbocycles. The highest BCUT2D eigenvalue weighted by atomic mass is 16.2. The van der Waals surface area contributed by atoms with Crippen molar-refractivity contribution in [3.63, 3.8) is 0 Å². The first-order chi connectivity index (χ1) is 8.31. The summed E-state index contributed by atoms with van der Waals surface area (Å²) in [5.41, 5.74) is 1.17. The van der Waals surface area contributed by atoms with Crippen molar-refractivity contribution in [3.05, 3.63) is 54.6 Å². The van der Waals surface area contributed by atoms with Crippen LogP contribution in [0.3, 0.4) is 0 Å². The summed E-state index contributed by atoms with van der Waals surface area (Å²) < 4.78 is 0. The number of benzene rings is 1. The van der Waals surface area contributed by atoms with Gasteiger partial charge in [-0.25, -0.2) is 0 Å². The molecule has 1 heterocycles. The third-order valence-electron chi connectivity index (χ3n) is 3.07. The number of amides is 1. The normalized spacial score (nSPS) is 19.8. The number of rotatable bonds is 3. The van der Waals surface area contributed by atoms with E-state index < -0.39 is 0 Å². The van der Waals surface area contributed by atoms with Gasteiger partial charge >= 0.3 is 0 Å². The molecule has 0 N–H and O–H groups in total. The van der Waals surface area contributed by atoms with Crippen LogP contribution >= 0.6 is 0 Å². The van der Waals surface area contributed by atoms with E-state index >= 15 is 0 Å². The molecular weight excluding hydrogens is 210 g/mol. The number of carbonyl (C=O) groups is 1. The average molecular weight is 227 g/mol. The molecule has 2 heteroatoms. The van der Waals surface area contributed by atoms with Gasteiger partial charge in [-0.3, -0.25) is 4.79 Å². The SMILES string of the molecule is C=CC(=O)N1CCC[C@H]1/C=C/c1ccccc1. The fourth-order valence-corrected chi connectivity index (χ4v) is 2.17. The summed E-state index contributed by atoms with van der Waals surface area (Å²) in [5.74, 6) is 0.0326. The number of hydrogen-bond acceptors (Lipinski definition) is 1. The Morgan fingerprint density at radius 2 is 2.12 bits per heavy atom. The zero-order valence-electron chi connectivity index (χ0n) is 9.88. The maximum absolute atomic E-state index is 11.6. The first kappa shape index (κ1) is 11.6. The quantitative estimate of drug-likeness (QED) is 0.727. The molecule has 17 heavy (non-hydrogen) atoms. The number of hydrogen-bond donors (Lipinski definition) is 0. The van der Waals surface area contributed by atoms with E-state index in [2.05, 4.69) is 30.9 Å². The van der Waals surface area contributed by atoms with Crippen LogP contribution in [0.25, 0.3) is 6.08 Å². The van der Waals surface area contributed by atoms with Crippen LogP contribution in [0.2, 0.25) is 0 Å². The van der Waals surface area contributed by atoms with Crippen molar-refractivity contribution in [3.8, 4) is 0 Å². The Hall–Kier alpha value is -1.83. The van der Waals surface area contributed by atoms with E-state index in [1.165, 1.54) is 11.6 Å². The summed E-state index contributed by atoms with van der Waals surface area (Å²) in [6.07, 6.45) is 7.71. The third-order valence-corrected chi connectivity index (χ3v) is 3.07. The summed E-state index contributed by atoms with van der Waals surface area (Å²) in [5, 5.41) is 0. The van der Waals surface area contributed by atoms with Crippen molar-refractivity contribution in [2.24, 2.45) is 0 Å². The van der Waals surface area contributed by atoms with E-state index in [0.29, 0.717) is 0 Å². The number of nitrogens with zero attached hydrogens (tertiary/aromatic N) is 1. The standard InChI is InChI=1S/C15H17NO/c1-2-15(17)16-12-6-9-14(16)11-10-13-7-4-3-5-8-13/h2-5,7-8,10-11,14H,1,6,9,12H2/b11-10+/t14-/m0/s1. The Kier molecular flexibility index (Phi) is 3.76. The van der Waals surface area contributed by atoms with Gasteiger partial charge in [-0.1, -0.05) is 49.1 Å². The van der Waals surface area contributed by atoms with Gasteiger partial charge in [0.05, 0.1) is 6.04 Å². The van der Waals surface area contributed by atoms with Crippen LogP contribution in [-0.2, 0) is 4.79 Å². The molecule has 0 spiro atoms. The lowest BCUT2D eigenvalue weighted by Gasteiger charge is -2.20. The molecule has 1 atom stereocenters. The minimum Gasteiger partial charge on any atom is -0.333 e. The van der Waals surface area contributed by atoms with Gasteiger partial charge in [0.2, 0.25) is 5.91 Å². The topological polar surface area (TPSA) is 20.3 Å². The number of carbonyl (C=O) groups excluding carboxylic acids is 1. The lowest BCUT2D eigenvalue weighted by molar-refractivity contribution is -0.126. The molecule has 0 aromatic heterocycles. The zero-order valence-corrected chi connectivity index (χ0v) is 9.88. The first-order valence-electron chi connectivity index (χ1n) is 5.97. The van der Waals surface area contributed by atoms with Crippen LogP contribution in [-0.4, -0.2) is 23.4 Å². The summed E-state index contributed by atoms with van der Waals surface area (Å²) in [7, 11) is 0. The Balaban J connectivity index is 2.05. The molecule has 1 aromatic rings. The second-order valence-corrected chi connectivity index (χ2v) is 4.22. The van der Waals surface area contributed by atoms with Crippen molar-refractivity contribution in [2.75, 3.05) is 6.54 Å². The van der Waals surface area contributed by atoms with Crippen LogP contribution in [0.15, 0.2) is 49.1 Å². The maximum Gasteiger partial charge on any atom is 0.246 e.